The largest absolute Gasteiger partial charge is 0.388 e. The molecule has 30 heavy (non-hydrogen) atoms. The molecule has 0 saturated carbocycles. The van der Waals surface area contributed by atoms with Crippen LogP contribution in [0.5, 0.6) is 0 Å². The molecule has 2 N–H and O–H groups in total. The molecular formula is C26H49NO3. The Hall–Kier alpha value is -0.870. The molecule has 0 aromatic carbocycles. The molecule has 0 aliphatic carbocycles. The quantitative estimate of drug-likeness (QED) is 0.185. The average molecular weight is 424 g/mol. The standard InChI is InChI=1S/C26H49NO3/c1-3-5-7-9-10-11-12-13-14-15-17-18-20-24-26(29)23(22-30-24)27-25(28)21-19-16-8-6-4-2/h18,20,23-24,26,29H,3-17,19,21-22H2,1-2H3,(H,27,28)/b20-18+/t23-,24?,26-/m0/s1. The molecule has 1 rings (SSSR count). The molecule has 176 valence electrons. The van der Waals surface area contributed by atoms with Crippen LogP contribution in [-0.4, -0.2) is 35.9 Å². The van der Waals surface area contributed by atoms with Crippen molar-refractivity contribution >= 4 is 5.91 Å². The van der Waals surface area contributed by atoms with Crippen LogP contribution in [0, 0.1) is 0 Å². The fourth-order valence-electron chi connectivity index (χ4n) is 4.09. The SMILES string of the molecule is CCCCCCCCCCCC/C=C/C1OC[C@H](NC(=O)CCCCCCC)[C@@H]1O. The highest BCUT2D eigenvalue weighted by Gasteiger charge is 2.34. The monoisotopic (exact) mass is 423 g/mol. The van der Waals surface area contributed by atoms with Crippen molar-refractivity contribution in [3.05, 3.63) is 12.2 Å². The third-order valence-electron chi connectivity index (χ3n) is 6.12. The summed E-state index contributed by atoms with van der Waals surface area (Å²) in [5.41, 5.74) is 0. The van der Waals surface area contributed by atoms with Gasteiger partial charge in [-0.3, -0.25) is 4.79 Å². The highest BCUT2D eigenvalue weighted by molar-refractivity contribution is 5.76. The van der Waals surface area contributed by atoms with Gasteiger partial charge in [-0.2, -0.15) is 0 Å². The molecule has 1 unspecified atom stereocenters. The molecular weight excluding hydrogens is 374 g/mol. The van der Waals surface area contributed by atoms with Crippen LogP contribution in [0.3, 0.4) is 0 Å². The first-order chi connectivity index (χ1) is 14.7. The maximum atomic E-state index is 12.1. The molecule has 1 heterocycles. The molecule has 1 aliphatic rings. The number of carbonyl (C=O) groups excluding carboxylic acids is 1. The van der Waals surface area contributed by atoms with Crippen molar-refractivity contribution in [3.63, 3.8) is 0 Å². The molecule has 1 fully saturated rings. The molecule has 4 nitrogen and oxygen atoms in total. The van der Waals surface area contributed by atoms with Gasteiger partial charge in [-0.1, -0.05) is 109 Å². The van der Waals surface area contributed by atoms with Crippen LogP contribution < -0.4 is 5.32 Å². The van der Waals surface area contributed by atoms with Crippen LogP contribution in [0.25, 0.3) is 0 Å². The molecule has 0 aromatic rings. The van der Waals surface area contributed by atoms with Gasteiger partial charge in [0.25, 0.3) is 0 Å². The maximum Gasteiger partial charge on any atom is 0.220 e. The van der Waals surface area contributed by atoms with Crippen LogP contribution in [0.1, 0.15) is 123 Å². The lowest BCUT2D eigenvalue weighted by atomic mass is 10.0. The molecule has 0 aromatic heterocycles. The Kier molecular flexibility index (Phi) is 17.1. The summed E-state index contributed by atoms with van der Waals surface area (Å²) in [4.78, 5) is 12.1. The molecule has 1 aliphatic heterocycles. The van der Waals surface area contributed by atoms with E-state index < -0.39 is 6.10 Å². The number of allylic oxidation sites excluding steroid dienone is 1. The number of hydrogen-bond acceptors (Lipinski definition) is 3. The van der Waals surface area contributed by atoms with E-state index in [1.807, 2.05) is 6.08 Å². The summed E-state index contributed by atoms with van der Waals surface area (Å²) in [5, 5.41) is 13.4. The van der Waals surface area contributed by atoms with Crippen molar-refractivity contribution in [2.24, 2.45) is 0 Å². The second-order valence-electron chi connectivity index (χ2n) is 9.03. The molecule has 0 spiro atoms. The molecule has 0 bridgehead atoms. The van der Waals surface area contributed by atoms with Crippen LogP contribution >= 0.6 is 0 Å². The summed E-state index contributed by atoms with van der Waals surface area (Å²) in [6.45, 7) is 4.85. The Morgan fingerprint density at radius 2 is 1.40 bits per heavy atom. The third kappa shape index (κ3) is 13.4. The summed E-state index contributed by atoms with van der Waals surface area (Å²) in [6.07, 6.45) is 23.9. The van der Waals surface area contributed by atoms with Crippen LogP contribution in [-0.2, 0) is 9.53 Å². The van der Waals surface area contributed by atoms with Gasteiger partial charge < -0.3 is 15.2 Å². The Morgan fingerprint density at radius 3 is 2.00 bits per heavy atom. The van der Waals surface area contributed by atoms with Gasteiger partial charge in [0.2, 0.25) is 5.91 Å². The molecule has 3 atom stereocenters. The van der Waals surface area contributed by atoms with E-state index in [1.54, 1.807) is 0 Å². The van der Waals surface area contributed by atoms with Gasteiger partial charge in [0.1, 0.15) is 12.2 Å². The summed E-state index contributed by atoms with van der Waals surface area (Å²) in [6, 6.07) is -0.278. The van der Waals surface area contributed by atoms with Gasteiger partial charge in [0, 0.05) is 6.42 Å². The predicted molar refractivity (Wildman–Crippen MR) is 127 cm³/mol. The number of nitrogens with one attached hydrogen (secondary N) is 1. The van der Waals surface area contributed by atoms with Gasteiger partial charge >= 0.3 is 0 Å². The number of hydrogen-bond donors (Lipinski definition) is 2. The zero-order valence-electron chi connectivity index (χ0n) is 19.9. The number of ether oxygens (including phenoxy) is 1. The summed E-state index contributed by atoms with van der Waals surface area (Å²) < 4.78 is 5.68. The summed E-state index contributed by atoms with van der Waals surface area (Å²) in [7, 11) is 0. The van der Waals surface area contributed by atoms with E-state index in [0.29, 0.717) is 13.0 Å². The highest BCUT2D eigenvalue weighted by atomic mass is 16.5. The van der Waals surface area contributed by atoms with Crippen LogP contribution in [0.2, 0.25) is 0 Å². The van der Waals surface area contributed by atoms with Gasteiger partial charge in [-0.25, -0.2) is 0 Å². The average Bonchev–Trinajstić information content (AvgIpc) is 3.08. The van der Waals surface area contributed by atoms with Crippen LogP contribution in [0.15, 0.2) is 12.2 Å². The van der Waals surface area contributed by atoms with E-state index in [9.17, 15) is 9.90 Å². The minimum Gasteiger partial charge on any atom is -0.388 e. The van der Waals surface area contributed by atoms with Crippen molar-refractivity contribution < 1.29 is 14.6 Å². The van der Waals surface area contributed by atoms with E-state index in [-0.39, 0.29) is 18.1 Å². The minimum absolute atomic E-state index is 0.0362. The molecule has 1 amide bonds. The Labute approximate surface area is 186 Å². The minimum atomic E-state index is -0.641. The summed E-state index contributed by atoms with van der Waals surface area (Å²) in [5.74, 6) is 0.0362. The second-order valence-corrected chi connectivity index (χ2v) is 9.03. The highest BCUT2D eigenvalue weighted by Crippen LogP contribution is 2.17. The summed E-state index contributed by atoms with van der Waals surface area (Å²) >= 11 is 0. The van der Waals surface area contributed by atoms with Crippen LogP contribution in [0.4, 0.5) is 0 Å². The maximum absolute atomic E-state index is 12.1. The fourth-order valence-corrected chi connectivity index (χ4v) is 4.09. The molecule has 1 saturated heterocycles. The van der Waals surface area contributed by atoms with E-state index in [2.05, 4.69) is 25.2 Å². The Bertz CT molecular complexity index is 438. The molecule has 0 radical (unpaired) electrons. The lowest BCUT2D eigenvalue weighted by molar-refractivity contribution is -0.122. The van der Waals surface area contributed by atoms with Gasteiger partial charge in [-0.05, 0) is 19.3 Å². The van der Waals surface area contributed by atoms with E-state index in [4.69, 9.17) is 4.74 Å². The van der Waals surface area contributed by atoms with Gasteiger partial charge in [-0.15, -0.1) is 0 Å². The van der Waals surface area contributed by atoms with Gasteiger partial charge in [0.05, 0.1) is 12.6 Å². The smallest absolute Gasteiger partial charge is 0.220 e. The van der Waals surface area contributed by atoms with Crippen molar-refractivity contribution in [3.8, 4) is 0 Å². The first-order valence-electron chi connectivity index (χ1n) is 12.9. The topological polar surface area (TPSA) is 58.6 Å². The van der Waals surface area contributed by atoms with Crippen molar-refractivity contribution in [1.82, 2.24) is 5.32 Å². The zero-order valence-corrected chi connectivity index (χ0v) is 19.9. The first kappa shape index (κ1) is 27.2. The number of carbonyl (C=O) groups is 1. The zero-order chi connectivity index (χ0) is 21.9. The number of rotatable bonds is 19. The lowest BCUT2D eigenvalue weighted by Crippen LogP contribution is -2.44. The number of amides is 1. The predicted octanol–water partition coefficient (Wildman–Crippen LogP) is 6.46. The number of aliphatic hydroxyl groups excluding tert-OH is 1. The first-order valence-corrected chi connectivity index (χ1v) is 12.9. The fraction of sp³-hybridized carbons (Fsp3) is 0.885. The normalized spacial score (nSPS) is 21.5. The Balaban J connectivity index is 2.02. The lowest BCUT2D eigenvalue weighted by Gasteiger charge is -2.16. The third-order valence-corrected chi connectivity index (χ3v) is 6.12. The number of aliphatic hydroxyl groups is 1. The van der Waals surface area contributed by atoms with Crippen molar-refractivity contribution in [1.29, 1.82) is 0 Å². The van der Waals surface area contributed by atoms with Crippen molar-refractivity contribution in [2.75, 3.05) is 6.61 Å². The molecule has 4 heteroatoms. The van der Waals surface area contributed by atoms with E-state index in [0.717, 1.165) is 19.3 Å². The second kappa shape index (κ2) is 18.9. The van der Waals surface area contributed by atoms with Gasteiger partial charge in [0.15, 0.2) is 0 Å². The van der Waals surface area contributed by atoms with E-state index >= 15 is 0 Å². The number of unbranched alkanes of at least 4 members (excludes halogenated alkanes) is 14. The van der Waals surface area contributed by atoms with E-state index in [1.165, 1.54) is 83.5 Å². The Morgan fingerprint density at radius 1 is 0.867 bits per heavy atom. The van der Waals surface area contributed by atoms with Crippen molar-refractivity contribution in [2.45, 2.75) is 141 Å².